The van der Waals surface area contributed by atoms with Crippen LogP contribution >= 0.6 is 11.8 Å². The molecular weight excluding hydrogens is 196 g/mol. The zero-order chi connectivity index (χ0) is 10.1. The third-order valence-electron chi connectivity index (χ3n) is 2.70. The first kappa shape index (κ1) is 10.1. The molecule has 2 atom stereocenters. The topological polar surface area (TPSA) is 52.0 Å². The van der Waals surface area contributed by atoms with Crippen molar-refractivity contribution in [1.82, 2.24) is 4.98 Å². The van der Waals surface area contributed by atoms with Gasteiger partial charge in [-0.05, 0) is 33.1 Å². The summed E-state index contributed by atoms with van der Waals surface area (Å²) in [6, 6.07) is 0.379. The van der Waals surface area contributed by atoms with Crippen LogP contribution in [0.15, 0.2) is 9.64 Å². The minimum absolute atomic E-state index is 0.379. The van der Waals surface area contributed by atoms with Gasteiger partial charge in [0.05, 0.1) is 5.69 Å². The van der Waals surface area contributed by atoms with E-state index in [-0.39, 0.29) is 0 Å². The maximum atomic E-state index is 5.85. The second-order valence-electron chi connectivity index (χ2n) is 3.93. The Kier molecular flexibility index (Phi) is 2.83. The lowest BCUT2D eigenvalue weighted by atomic mass is 10.3. The summed E-state index contributed by atoms with van der Waals surface area (Å²) in [6.07, 6.45) is 3.41. The standard InChI is InChI=1S/C10H16N2OS/c1-6-7(2)13-10(12-6)14-9-4-3-8(11)5-9/h8-9H,3-5,11H2,1-2H3. The summed E-state index contributed by atoms with van der Waals surface area (Å²) in [6.45, 7) is 3.93. The van der Waals surface area contributed by atoms with E-state index in [1.165, 1.54) is 6.42 Å². The smallest absolute Gasteiger partial charge is 0.256 e. The van der Waals surface area contributed by atoms with Crippen LogP contribution in [0.5, 0.6) is 0 Å². The van der Waals surface area contributed by atoms with Crippen molar-refractivity contribution in [1.29, 1.82) is 0 Å². The van der Waals surface area contributed by atoms with Crippen LogP contribution in [-0.2, 0) is 0 Å². The molecular formula is C10H16N2OS. The predicted octanol–water partition coefficient (Wildman–Crippen LogP) is 2.26. The van der Waals surface area contributed by atoms with Gasteiger partial charge in [0.25, 0.3) is 5.22 Å². The van der Waals surface area contributed by atoms with Crippen molar-refractivity contribution in [2.24, 2.45) is 5.73 Å². The molecule has 78 valence electrons. The van der Waals surface area contributed by atoms with E-state index in [4.69, 9.17) is 10.2 Å². The highest BCUT2D eigenvalue weighted by molar-refractivity contribution is 7.99. The first-order valence-corrected chi connectivity index (χ1v) is 5.89. The number of aryl methyl sites for hydroxylation is 2. The molecule has 1 aromatic rings. The van der Waals surface area contributed by atoms with Crippen LogP contribution in [0.2, 0.25) is 0 Å². The zero-order valence-electron chi connectivity index (χ0n) is 8.62. The molecule has 2 N–H and O–H groups in total. The molecule has 0 aromatic carbocycles. The van der Waals surface area contributed by atoms with Crippen molar-refractivity contribution in [3.05, 3.63) is 11.5 Å². The van der Waals surface area contributed by atoms with Gasteiger partial charge in [0.1, 0.15) is 5.76 Å². The van der Waals surface area contributed by atoms with E-state index in [2.05, 4.69) is 4.98 Å². The molecule has 2 rings (SSSR count). The SMILES string of the molecule is Cc1nc(SC2CCC(N)C2)oc1C. The fourth-order valence-corrected chi connectivity index (χ4v) is 2.96. The maximum absolute atomic E-state index is 5.85. The average molecular weight is 212 g/mol. The molecule has 14 heavy (non-hydrogen) atoms. The Morgan fingerprint density at radius 2 is 2.21 bits per heavy atom. The Morgan fingerprint density at radius 3 is 2.71 bits per heavy atom. The number of aromatic nitrogens is 1. The Morgan fingerprint density at radius 1 is 1.43 bits per heavy atom. The van der Waals surface area contributed by atoms with Gasteiger partial charge in [-0.25, -0.2) is 4.98 Å². The van der Waals surface area contributed by atoms with E-state index in [9.17, 15) is 0 Å². The molecule has 0 amide bonds. The fourth-order valence-electron chi connectivity index (χ4n) is 1.72. The summed E-state index contributed by atoms with van der Waals surface area (Å²) in [5.74, 6) is 0.926. The third-order valence-corrected chi connectivity index (χ3v) is 3.84. The Labute approximate surface area is 88.5 Å². The summed E-state index contributed by atoms with van der Waals surface area (Å²) < 4.78 is 5.52. The first-order valence-electron chi connectivity index (χ1n) is 5.01. The summed E-state index contributed by atoms with van der Waals surface area (Å²) in [5, 5.41) is 1.40. The number of nitrogens with two attached hydrogens (primary N) is 1. The number of rotatable bonds is 2. The second-order valence-corrected chi connectivity index (χ2v) is 5.19. The van der Waals surface area contributed by atoms with Crippen molar-refractivity contribution in [2.75, 3.05) is 0 Å². The second kappa shape index (κ2) is 3.95. The molecule has 0 spiro atoms. The van der Waals surface area contributed by atoms with Crippen LogP contribution in [0.4, 0.5) is 0 Å². The summed E-state index contributed by atoms with van der Waals surface area (Å²) >= 11 is 1.73. The van der Waals surface area contributed by atoms with Crippen LogP contribution in [0.1, 0.15) is 30.7 Å². The van der Waals surface area contributed by atoms with Crippen LogP contribution in [0.3, 0.4) is 0 Å². The monoisotopic (exact) mass is 212 g/mol. The number of oxazole rings is 1. The highest BCUT2D eigenvalue weighted by Crippen LogP contribution is 2.34. The molecule has 0 aliphatic heterocycles. The highest BCUT2D eigenvalue weighted by Gasteiger charge is 2.24. The largest absolute Gasteiger partial charge is 0.437 e. The molecule has 0 radical (unpaired) electrons. The minimum Gasteiger partial charge on any atom is -0.437 e. The third kappa shape index (κ3) is 2.12. The van der Waals surface area contributed by atoms with Crippen LogP contribution in [0.25, 0.3) is 0 Å². The average Bonchev–Trinajstić information content (AvgIpc) is 2.62. The van der Waals surface area contributed by atoms with Gasteiger partial charge in [0.15, 0.2) is 0 Å². The maximum Gasteiger partial charge on any atom is 0.256 e. The van der Waals surface area contributed by atoms with Gasteiger partial charge < -0.3 is 10.2 Å². The molecule has 4 heteroatoms. The van der Waals surface area contributed by atoms with Crippen LogP contribution in [0, 0.1) is 13.8 Å². The number of nitrogens with zero attached hydrogens (tertiary/aromatic N) is 1. The van der Waals surface area contributed by atoms with E-state index < -0.39 is 0 Å². The molecule has 1 aliphatic carbocycles. The lowest BCUT2D eigenvalue weighted by Crippen LogP contribution is -2.15. The van der Waals surface area contributed by atoms with Gasteiger partial charge in [0.2, 0.25) is 0 Å². The van der Waals surface area contributed by atoms with E-state index in [0.29, 0.717) is 11.3 Å². The number of hydrogen-bond donors (Lipinski definition) is 1. The molecule has 0 bridgehead atoms. The van der Waals surface area contributed by atoms with E-state index in [1.54, 1.807) is 11.8 Å². The Balaban J connectivity index is 1.97. The number of hydrogen-bond acceptors (Lipinski definition) is 4. The van der Waals surface area contributed by atoms with E-state index in [1.807, 2.05) is 13.8 Å². The first-order chi connectivity index (χ1) is 6.65. The molecule has 1 aromatic heterocycles. The van der Waals surface area contributed by atoms with Gasteiger partial charge >= 0.3 is 0 Å². The molecule has 3 nitrogen and oxygen atoms in total. The zero-order valence-corrected chi connectivity index (χ0v) is 9.43. The van der Waals surface area contributed by atoms with Gasteiger partial charge in [-0.2, -0.15) is 0 Å². The van der Waals surface area contributed by atoms with Crippen LogP contribution < -0.4 is 5.73 Å². The lowest BCUT2D eigenvalue weighted by molar-refractivity contribution is 0.430. The van der Waals surface area contributed by atoms with Crippen molar-refractivity contribution in [2.45, 2.75) is 49.6 Å². The van der Waals surface area contributed by atoms with Gasteiger partial charge in [-0.1, -0.05) is 11.8 Å². The molecule has 1 saturated carbocycles. The lowest BCUT2D eigenvalue weighted by Gasteiger charge is -2.04. The molecule has 1 heterocycles. The number of thioether (sulfide) groups is 1. The van der Waals surface area contributed by atoms with Crippen molar-refractivity contribution >= 4 is 11.8 Å². The fraction of sp³-hybridized carbons (Fsp3) is 0.700. The Hall–Kier alpha value is -0.480. The minimum atomic E-state index is 0.379. The molecule has 0 saturated heterocycles. The molecule has 2 unspecified atom stereocenters. The summed E-state index contributed by atoms with van der Waals surface area (Å²) in [5.41, 5.74) is 6.84. The normalized spacial score (nSPS) is 27.1. The van der Waals surface area contributed by atoms with E-state index >= 15 is 0 Å². The van der Waals surface area contributed by atoms with Crippen molar-refractivity contribution in [3.63, 3.8) is 0 Å². The van der Waals surface area contributed by atoms with Gasteiger partial charge in [-0.3, -0.25) is 0 Å². The molecule has 1 fully saturated rings. The van der Waals surface area contributed by atoms with Crippen molar-refractivity contribution < 1.29 is 4.42 Å². The predicted molar refractivity (Wildman–Crippen MR) is 57.4 cm³/mol. The van der Waals surface area contributed by atoms with Gasteiger partial charge in [0, 0.05) is 11.3 Å². The summed E-state index contributed by atoms with van der Waals surface area (Å²) in [7, 11) is 0. The van der Waals surface area contributed by atoms with Crippen LogP contribution in [-0.4, -0.2) is 16.3 Å². The highest BCUT2D eigenvalue weighted by atomic mass is 32.2. The molecule has 1 aliphatic rings. The quantitative estimate of drug-likeness (QED) is 0.817. The van der Waals surface area contributed by atoms with E-state index in [0.717, 1.165) is 29.5 Å². The summed E-state index contributed by atoms with van der Waals surface area (Å²) in [4.78, 5) is 4.35. The van der Waals surface area contributed by atoms with Crippen molar-refractivity contribution in [3.8, 4) is 0 Å². The van der Waals surface area contributed by atoms with Gasteiger partial charge in [-0.15, -0.1) is 0 Å². The Bertz CT molecular complexity index is 304.